The third-order valence-corrected chi connectivity index (χ3v) is 5.63. The van der Waals surface area contributed by atoms with E-state index in [4.69, 9.17) is 11.6 Å². The Morgan fingerprint density at radius 2 is 2.03 bits per heavy atom. The maximum Gasteiger partial charge on any atom is 0.244 e. The van der Waals surface area contributed by atoms with E-state index in [0.29, 0.717) is 5.02 Å². The van der Waals surface area contributed by atoms with Crippen molar-refractivity contribution in [1.29, 1.82) is 0 Å². The smallest absolute Gasteiger partial charge is 0.244 e. The fourth-order valence-corrected chi connectivity index (χ4v) is 3.95. The number of aryl methyl sites for hydroxylation is 1. The molecule has 29 heavy (non-hydrogen) atoms. The maximum atomic E-state index is 12.9. The molecule has 4 rings (SSSR count). The second-order valence-corrected chi connectivity index (χ2v) is 7.71. The summed E-state index contributed by atoms with van der Waals surface area (Å²) in [6, 6.07) is 9.70. The third-order valence-electron chi connectivity index (χ3n) is 5.40. The number of amides is 1. The van der Waals surface area contributed by atoms with Crippen LogP contribution in [0.25, 0.3) is 11.3 Å². The highest BCUT2D eigenvalue weighted by molar-refractivity contribution is 6.30. The zero-order valence-corrected chi connectivity index (χ0v) is 17.4. The zero-order valence-electron chi connectivity index (χ0n) is 16.6. The summed E-state index contributed by atoms with van der Waals surface area (Å²) in [5.41, 5.74) is 2.87. The molecule has 1 N–H and O–H groups in total. The highest BCUT2D eigenvalue weighted by atomic mass is 35.5. The molecule has 1 fully saturated rings. The Hall–Kier alpha value is -2.73. The standard InChI is InChI=1S/C22H26ClN5O/c1-2-19-15-20(17-6-5-7-18(23)14-17)25-28(19)16-22(29)27-12-10-26(11-13-27)21-8-3-4-9-24-21/h3-8,14-15,24H,2,9-13,16H2,1H3. The van der Waals surface area contributed by atoms with E-state index in [9.17, 15) is 4.79 Å². The number of benzene rings is 1. The van der Waals surface area contributed by atoms with Gasteiger partial charge in [-0.1, -0.05) is 42.8 Å². The van der Waals surface area contributed by atoms with Crippen LogP contribution in [0.2, 0.25) is 5.02 Å². The predicted molar refractivity (Wildman–Crippen MR) is 115 cm³/mol. The van der Waals surface area contributed by atoms with Crippen molar-refractivity contribution < 1.29 is 4.79 Å². The monoisotopic (exact) mass is 411 g/mol. The summed E-state index contributed by atoms with van der Waals surface area (Å²) in [6.45, 7) is 6.35. The number of carbonyl (C=O) groups is 1. The molecule has 152 valence electrons. The number of nitrogens with zero attached hydrogens (tertiary/aromatic N) is 4. The SMILES string of the molecule is CCc1cc(-c2cccc(Cl)c2)nn1CC(=O)N1CCN(C2=CC=CCN2)CC1. The number of nitrogens with one attached hydrogen (secondary N) is 1. The Bertz CT molecular complexity index is 940. The molecule has 6 nitrogen and oxygen atoms in total. The first-order valence-corrected chi connectivity index (χ1v) is 10.5. The molecule has 1 saturated heterocycles. The number of rotatable bonds is 5. The Morgan fingerprint density at radius 3 is 2.72 bits per heavy atom. The van der Waals surface area contributed by atoms with Crippen LogP contribution in [0.1, 0.15) is 12.6 Å². The van der Waals surface area contributed by atoms with Gasteiger partial charge in [0.2, 0.25) is 5.91 Å². The topological polar surface area (TPSA) is 53.4 Å². The molecule has 0 bridgehead atoms. The second kappa shape index (κ2) is 8.74. The lowest BCUT2D eigenvalue weighted by atomic mass is 10.1. The van der Waals surface area contributed by atoms with Gasteiger partial charge in [-0.25, -0.2) is 0 Å². The lowest BCUT2D eigenvalue weighted by Crippen LogP contribution is -2.51. The van der Waals surface area contributed by atoms with E-state index in [-0.39, 0.29) is 12.5 Å². The van der Waals surface area contributed by atoms with Crippen LogP contribution in [-0.4, -0.2) is 58.2 Å². The van der Waals surface area contributed by atoms with E-state index in [2.05, 4.69) is 40.5 Å². The number of hydrogen-bond donors (Lipinski definition) is 1. The van der Waals surface area contributed by atoms with Crippen molar-refractivity contribution in [2.24, 2.45) is 0 Å². The molecule has 2 aliphatic heterocycles. The first-order valence-electron chi connectivity index (χ1n) is 10.1. The quantitative estimate of drug-likeness (QED) is 0.821. The molecule has 0 unspecified atom stereocenters. The minimum atomic E-state index is 0.116. The van der Waals surface area contributed by atoms with Gasteiger partial charge in [0.05, 0.1) is 5.69 Å². The molecule has 0 atom stereocenters. The average molecular weight is 412 g/mol. The van der Waals surface area contributed by atoms with Crippen LogP contribution in [0.5, 0.6) is 0 Å². The van der Waals surface area contributed by atoms with Crippen molar-refractivity contribution in [2.75, 3.05) is 32.7 Å². The molecular weight excluding hydrogens is 386 g/mol. The van der Waals surface area contributed by atoms with Gasteiger partial charge in [-0.3, -0.25) is 9.48 Å². The lowest BCUT2D eigenvalue weighted by molar-refractivity contribution is -0.133. The molecule has 2 aliphatic rings. The number of hydrogen-bond acceptors (Lipinski definition) is 4. The summed E-state index contributed by atoms with van der Waals surface area (Å²) in [4.78, 5) is 17.1. The Kier molecular flexibility index (Phi) is 5.90. The molecule has 0 saturated carbocycles. The minimum absolute atomic E-state index is 0.116. The molecule has 0 aliphatic carbocycles. The van der Waals surface area contributed by atoms with Crippen molar-refractivity contribution in [3.63, 3.8) is 0 Å². The van der Waals surface area contributed by atoms with E-state index in [1.165, 1.54) is 0 Å². The van der Waals surface area contributed by atoms with Crippen LogP contribution in [0.4, 0.5) is 0 Å². The van der Waals surface area contributed by atoms with Crippen LogP contribution in [0, 0.1) is 0 Å². The van der Waals surface area contributed by atoms with Gasteiger partial charge in [0, 0.05) is 49.0 Å². The first kappa shape index (κ1) is 19.6. The van der Waals surface area contributed by atoms with E-state index in [1.54, 1.807) is 0 Å². The van der Waals surface area contributed by atoms with Crippen molar-refractivity contribution >= 4 is 17.5 Å². The molecule has 1 amide bonds. The van der Waals surface area contributed by atoms with Crippen molar-refractivity contribution in [3.05, 3.63) is 65.1 Å². The summed E-state index contributed by atoms with van der Waals surface area (Å²) in [6.07, 6.45) is 7.08. The van der Waals surface area contributed by atoms with Crippen LogP contribution in [0.15, 0.2) is 54.4 Å². The number of allylic oxidation sites excluding steroid dienone is 2. The van der Waals surface area contributed by atoms with Gasteiger partial charge < -0.3 is 15.1 Å². The van der Waals surface area contributed by atoms with Crippen molar-refractivity contribution in [2.45, 2.75) is 19.9 Å². The lowest BCUT2D eigenvalue weighted by Gasteiger charge is -2.37. The highest BCUT2D eigenvalue weighted by Gasteiger charge is 2.23. The number of piperazine rings is 1. The molecule has 1 aromatic carbocycles. The van der Waals surface area contributed by atoms with Gasteiger partial charge in [0.25, 0.3) is 0 Å². The Labute approximate surface area is 176 Å². The van der Waals surface area contributed by atoms with E-state index < -0.39 is 0 Å². The molecule has 7 heteroatoms. The highest BCUT2D eigenvalue weighted by Crippen LogP contribution is 2.23. The van der Waals surface area contributed by atoms with Crippen LogP contribution < -0.4 is 5.32 Å². The largest absolute Gasteiger partial charge is 0.368 e. The van der Waals surface area contributed by atoms with E-state index in [1.807, 2.05) is 39.9 Å². The summed E-state index contributed by atoms with van der Waals surface area (Å²) in [5, 5.41) is 8.75. The van der Waals surface area contributed by atoms with Gasteiger partial charge in [-0.2, -0.15) is 5.10 Å². The average Bonchev–Trinajstić information content (AvgIpc) is 3.17. The fourth-order valence-electron chi connectivity index (χ4n) is 3.76. The van der Waals surface area contributed by atoms with Crippen molar-refractivity contribution in [3.8, 4) is 11.3 Å². The maximum absolute atomic E-state index is 12.9. The number of carbonyl (C=O) groups excluding carboxylic acids is 1. The van der Waals surface area contributed by atoms with Gasteiger partial charge >= 0.3 is 0 Å². The molecule has 0 spiro atoms. The van der Waals surface area contributed by atoms with Crippen LogP contribution in [-0.2, 0) is 17.8 Å². The zero-order chi connectivity index (χ0) is 20.2. The summed E-state index contributed by atoms with van der Waals surface area (Å²) in [7, 11) is 0. The van der Waals surface area contributed by atoms with Crippen molar-refractivity contribution in [1.82, 2.24) is 24.9 Å². The summed E-state index contributed by atoms with van der Waals surface area (Å²) in [5.74, 6) is 1.26. The molecular formula is C22H26ClN5O. The van der Waals surface area contributed by atoms with Crippen LogP contribution in [0.3, 0.4) is 0 Å². The first-order chi connectivity index (χ1) is 14.1. The van der Waals surface area contributed by atoms with Crippen LogP contribution >= 0.6 is 11.6 Å². The molecule has 3 heterocycles. The number of aromatic nitrogens is 2. The number of dihydropyridines is 1. The Balaban J connectivity index is 1.41. The second-order valence-electron chi connectivity index (χ2n) is 7.27. The molecule has 0 radical (unpaired) electrons. The molecule has 2 aromatic rings. The predicted octanol–water partition coefficient (Wildman–Crippen LogP) is 2.91. The van der Waals surface area contributed by atoms with E-state index >= 15 is 0 Å². The Morgan fingerprint density at radius 1 is 1.21 bits per heavy atom. The summed E-state index contributed by atoms with van der Waals surface area (Å²) >= 11 is 6.12. The van der Waals surface area contributed by atoms with Gasteiger partial charge in [-0.15, -0.1) is 0 Å². The fraction of sp³-hybridized carbons (Fsp3) is 0.364. The van der Waals surface area contributed by atoms with E-state index in [0.717, 1.165) is 61.9 Å². The van der Waals surface area contributed by atoms with Gasteiger partial charge in [0.1, 0.15) is 12.4 Å². The minimum Gasteiger partial charge on any atom is -0.368 e. The van der Waals surface area contributed by atoms with Gasteiger partial charge in [0.15, 0.2) is 0 Å². The van der Waals surface area contributed by atoms with Gasteiger partial charge in [-0.05, 0) is 30.7 Å². The third kappa shape index (κ3) is 4.48. The molecule has 1 aromatic heterocycles. The number of halogens is 1. The summed E-state index contributed by atoms with van der Waals surface area (Å²) < 4.78 is 1.83. The normalized spacial score (nSPS) is 16.6.